The van der Waals surface area contributed by atoms with Crippen molar-refractivity contribution in [3.63, 3.8) is 0 Å². The van der Waals surface area contributed by atoms with Gasteiger partial charge in [-0.2, -0.15) is 0 Å². The lowest BCUT2D eigenvalue weighted by molar-refractivity contribution is -0.142. The molecule has 0 saturated carbocycles. The number of amides is 1. The van der Waals surface area contributed by atoms with Crippen LogP contribution in [0.25, 0.3) is 6.08 Å². The molecule has 2 aromatic carbocycles. The molecule has 1 aliphatic rings. The van der Waals surface area contributed by atoms with Crippen LogP contribution in [-0.4, -0.2) is 49.6 Å². The number of carbonyl (C=O) groups excluding carboxylic acids is 2. The molecule has 0 radical (unpaired) electrons. The van der Waals surface area contributed by atoms with Crippen molar-refractivity contribution in [3.8, 4) is 23.0 Å². The standard InChI is InChI=1S/C25H27NO8/c1-14(2)9-19(25(29)30)26-23(27)13-33-17-5-7-18-21(12-17)34-22(24(18)28)11-15-10-16(31-3)6-8-20(15)32-4/h5-8,10-12,14,19H,9,13H2,1-4H3,(H,26,27)(H,29,30)/t19-/m1/s1. The molecule has 2 aromatic rings. The van der Waals surface area contributed by atoms with Gasteiger partial charge in [-0.05, 0) is 48.7 Å². The van der Waals surface area contributed by atoms with Crippen LogP contribution in [0.5, 0.6) is 23.0 Å². The van der Waals surface area contributed by atoms with Crippen LogP contribution >= 0.6 is 0 Å². The number of ether oxygens (including phenoxy) is 4. The first-order chi connectivity index (χ1) is 16.2. The molecule has 9 heteroatoms. The molecule has 34 heavy (non-hydrogen) atoms. The van der Waals surface area contributed by atoms with Gasteiger partial charge in [0.1, 0.15) is 29.0 Å². The Morgan fingerprint density at radius 3 is 2.47 bits per heavy atom. The summed E-state index contributed by atoms with van der Waals surface area (Å²) in [7, 11) is 3.07. The lowest BCUT2D eigenvalue weighted by Crippen LogP contribution is -2.43. The van der Waals surface area contributed by atoms with Gasteiger partial charge in [-0.15, -0.1) is 0 Å². The van der Waals surface area contributed by atoms with Crippen molar-refractivity contribution in [1.29, 1.82) is 0 Å². The summed E-state index contributed by atoms with van der Waals surface area (Å²) < 4.78 is 21.8. The molecule has 0 aliphatic carbocycles. The zero-order valence-electron chi connectivity index (χ0n) is 19.4. The second kappa shape index (κ2) is 10.7. The molecule has 180 valence electrons. The SMILES string of the molecule is COc1ccc(OC)c(C=C2Oc3cc(OCC(=O)N[C@H](CC(C)C)C(=O)O)ccc3C2=O)c1. The summed E-state index contributed by atoms with van der Waals surface area (Å²) in [5, 5.41) is 11.7. The Morgan fingerprint density at radius 2 is 1.82 bits per heavy atom. The van der Waals surface area contributed by atoms with Crippen LogP contribution in [0.2, 0.25) is 0 Å². The number of Topliss-reactive ketones (excluding diaryl/α,β-unsaturated/α-hetero) is 1. The quantitative estimate of drug-likeness (QED) is 0.509. The van der Waals surface area contributed by atoms with E-state index in [4.69, 9.17) is 18.9 Å². The van der Waals surface area contributed by atoms with Crippen molar-refractivity contribution in [2.75, 3.05) is 20.8 Å². The fourth-order valence-electron chi connectivity index (χ4n) is 3.43. The Balaban J connectivity index is 1.69. The Kier molecular flexibility index (Phi) is 7.78. The Morgan fingerprint density at radius 1 is 1.09 bits per heavy atom. The second-order valence-corrected chi connectivity index (χ2v) is 8.08. The summed E-state index contributed by atoms with van der Waals surface area (Å²) in [6.07, 6.45) is 1.88. The number of nitrogens with one attached hydrogen (secondary N) is 1. The summed E-state index contributed by atoms with van der Waals surface area (Å²) in [4.78, 5) is 36.2. The van der Waals surface area contributed by atoms with E-state index in [0.717, 1.165) is 0 Å². The second-order valence-electron chi connectivity index (χ2n) is 8.08. The maximum absolute atomic E-state index is 12.8. The maximum atomic E-state index is 12.8. The summed E-state index contributed by atoms with van der Waals surface area (Å²) in [5.74, 6) is -0.00738. The van der Waals surface area contributed by atoms with Crippen molar-refractivity contribution in [1.82, 2.24) is 5.32 Å². The van der Waals surface area contributed by atoms with Crippen LogP contribution in [0, 0.1) is 5.92 Å². The molecular weight excluding hydrogens is 442 g/mol. The minimum absolute atomic E-state index is 0.105. The molecule has 0 saturated heterocycles. The van der Waals surface area contributed by atoms with E-state index in [0.29, 0.717) is 40.5 Å². The number of hydrogen-bond acceptors (Lipinski definition) is 7. The highest BCUT2D eigenvalue weighted by Crippen LogP contribution is 2.36. The molecule has 1 amide bonds. The lowest BCUT2D eigenvalue weighted by atomic mass is 10.0. The number of methoxy groups -OCH3 is 2. The topological polar surface area (TPSA) is 120 Å². The fraction of sp³-hybridized carbons (Fsp3) is 0.320. The van der Waals surface area contributed by atoms with Gasteiger partial charge in [-0.25, -0.2) is 4.79 Å². The number of fused-ring (bicyclic) bond motifs is 1. The number of benzene rings is 2. The predicted molar refractivity (Wildman–Crippen MR) is 123 cm³/mol. The van der Waals surface area contributed by atoms with Gasteiger partial charge in [0, 0.05) is 11.6 Å². The molecular formula is C25H27NO8. The van der Waals surface area contributed by atoms with Crippen LogP contribution in [0.4, 0.5) is 0 Å². The summed E-state index contributed by atoms with van der Waals surface area (Å²) >= 11 is 0. The average Bonchev–Trinajstić information content (AvgIpc) is 3.11. The molecule has 9 nitrogen and oxygen atoms in total. The molecule has 0 aromatic heterocycles. The largest absolute Gasteiger partial charge is 0.497 e. The molecule has 0 bridgehead atoms. The van der Waals surface area contributed by atoms with E-state index in [9.17, 15) is 19.5 Å². The van der Waals surface area contributed by atoms with Gasteiger partial charge in [0.2, 0.25) is 5.78 Å². The van der Waals surface area contributed by atoms with Crippen molar-refractivity contribution in [2.24, 2.45) is 5.92 Å². The van der Waals surface area contributed by atoms with Crippen molar-refractivity contribution < 1.29 is 38.4 Å². The number of aliphatic carboxylic acids is 1. The smallest absolute Gasteiger partial charge is 0.326 e. The van der Waals surface area contributed by atoms with Crippen molar-refractivity contribution in [2.45, 2.75) is 26.3 Å². The van der Waals surface area contributed by atoms with E-state index in [2.05, 4.69) is 5.32 Å². The predicted octanol–water partition coefficient (Wildman–Crippen LogP) is 3.31. The minimum atomic E-state index is -1.10. The van der Waals surface area contributed by atoms with Crippen LogP contribution in [0.15, 0.2) is 42.2 Å². The highest BCUT2D eigenvalue weighted by molar-refractivity contribution is 6.14. The number of carbonyl (C=O) groups is 3. The third kappa shape index (κ3) is 5.86. The Labute approximate surface area is 197 Å². The maximum Gasteiger partial charge on any atom is 0.326 e. The van der Waals surface area contributed by atoms with Crippen molar-refractivity contribution >= 4 is 23.7 Å². The zero-order valence-corrected chi connectivity index (χ0v) is 19.4. The molecule has 0 fully saturated rings. The van der Waals surface area contributed by atoms with Gasteiger partial charge < -0.3 is 29.4 Å². The van der Waals surface area contributed by atoms with E-state index in [1.54, 1.807) is 43.5 Å². The van der Waals surface area contributed by atoms with E-state index < -0.39 is 17.9 Å². The van der Waals surface area contributed by atoms with Gasteiger partial charge >= 0.3 is 5.97 Å². The van der Waals surface area contributed by atoms with Gasteiger partial charge in [0.05, 0.1) is 19.8 Å². The molecule has 3 rings (SSSR count). The normalized spacial score (nSPS) is 14.4. The minimum Gasteiger partial charge on any atom is -0.497 e. The number of carboxylic acid groups (broad SMARTS) is 1. The van der Waals surface area contributed by atoms with Crippen molar-refractivity contribution in [3.05, 3.63) is 53.3 Å². The molecule has 1 aliphatic heterocycles. The third-order valence-electron chi connectivity index (χ3n) is 5.08. The fourth-order valence-corrected chi connectivity index (χ4v) is 3.43. The molecule has 2 N–H and O–H groups in total. The third-order valence-corrected chi connectivity index (χ3v) is 5.08. The number of rotatable bonds is 10. The monoisotopic (exact) mass is 469 g/mol. The number of hydrogen-bond donors (Lipinski definition) is 2. The summed E-state index contributed by atoms with van der Waals surface area (Å²) in [6, 6.07) is 8.81. The van der Waals surface area contributed by atoms with Gasteiger partial charge in [0.25, 0.3) is 5.91 Å². The number of carboxylic acids is 1. The summed E-state index contributed by atoms with van der Waals surface area (Å²) in [5.41, 5.74) is 0.966. The van der Waals surface area contributed by atoms with E-state index in [1.807, 2.05) is 13.8 Å². The highest BCUT2D eigenvalue weighted by Gasteiger charge is 2.28. The first-order valence-electron chi connectivity index (χ1n) is 10.7. The van der Waals surface area contributed by atoms with Gasteiger partial charge in [0.15, 0.2) is 12.4 Å². The molecule has 1 heterocycles. The Bertz CT molecular complexity index is 1120. The van der Waals surface area contributed by atoms with Gasteiger partial charge in [-0.1, -0.05) is 13.8 Å². The highest BCUT2D eigenvalue weighted by atomic mass is 16.5. The molecule has 0 spiro atoms. The Hall–Kier alpha value is -4.01. The van der Waals surface area contributed by atoms with E-state index in [1.165, 1.54) is 13.2 Å². The first kappa shape index (κ1) is 24.6. The van der Waals surface area contributed by atoms with E-state index >= 15 is 0 Å². The van der Waals surface area contributed by atoms with Crippen LogP contribution < -0.4 is 24.3 Å². The van der Waals surface area contributed by atoms with E-state index in [-0.39, 0.29) is 24.1 Å². The van der Waals surface area contributed by atoms with Crippen LogP contribution in [0.3, 0.4) is 0 Å². The first-order valence-corrected chi connectivity index (χ1v) is 10.7. The zero-order chi connectivity index (χ0) is 24.8. The van der Waals surface area contributed by atoms with Crippen LogP contribution in [-0.2, 0) is 9.59 Å². The molecule has 0 unspecified atom stereocenters. The number of ketones is 1. The summed E-state index contributed by atoms with van der Waals surface area (Å²) in [6.45, 7) is 3.37. The number of allylic oxidation sites excluding steroid dienone is 1. The van der Waals surface area contributed by atoms with Gasteiger partial charge in [-0.3, -0.25) is 9.59 Å². The average molecular weight is 469 g/mol. The lowest BCUT2D eigenvalue weighted by Gasteiger charge is -2.16. The van der Waals surface area contributed by atoms with Crippen LogP contribution in [0.1, 0.15) is 36.2 Å². The molecule has 1 atom stereocenters.